The van der Waals surface area contributed by atoms with Gasteiger partial charge in [-0.05, 0) is 36.4 Å². The van der Waals surface area contributed by atoms with E-state index in [-0.39, 0.29) is 22.0 Å². The number of hydrogen-bond donors (Lipinski definition) is 2. The van der Waals surface area contributed by atoms with Crippen molar-refractivity contribution in [3.8, 4) is 0 Å². The van der Waals surface area contributed by atoms with Crippen molar-refractivity contribution in [2.45, 2.75) is 0 Å². The summed E-state index contributed by atoms with van der Waals surface area (Å²) in [5.41, 5.74) is 5.89. The van der Waals surface area contributed by atoms with E-state index in [0.717, 1.165) is 18.2 Å². The number of amides is 1. The van der Waals surface area contributed by atoms with Gasteiger partial charge in [-0.15, -0.1) is 0 Å². The zero-order valence-electron chi connectivity index (χ0n) is 9.58. The summed E-state index contributed by atoms with van der Waals surface area (Å²) in [6.07, 6.45) is 0. The van der Waals surface area contributed by atoms with E-state index in [2.05, 4.69) is 5.32 Å². The lowest BCUT2D eigenvalue weighted by molar-refractivity contribution is 0.102. The van der Waals surface area contributed by atoms with E-state index in [9.17, 15) is 13.6 Å². The molecule has 0 aliphatic rings. The maximum absolute atomic E-state index is 13.2. The third-order valence-electron chi connectivity index (χ3n) is 2.36. The highest BCUT2D eigenvalue weighted by atomic mass is 35.5. The van der Waals surface area contributed by atoms with Crippen LogP contribution < -0.4 is 11.1 Å². The molecule has 3 nitrogen and oxygen atoms in total. The van der Waals surface area contributed by atoms with Gasteiger partial charge in [0.15, 0.2) is 0 Å². The Bertz CT molecular complexity index is 626. The second-order valence-corrected chi connectivity index (χ2v) is 4.26. The summed E-state index contributed by atoms with van der Waals surface area (Å²) in [4.78, 5) is 11.8. The molecule has 0 bridgehead atoms. The van der Waals surface area contributed by atoms with E-state index in [0.29, 0.717) is 0 Å². The molecule has 0 aliphatic carbocycles. The lowest BCUT2D eigenvalue weighted by Crippen LogP contribution is -2.12. The first-order valence-corrected chi connectivity index (χ1v) is 5.66. The van der Waals surface area contributed by atoms with Gasteiger partial charge >= 0.3 is 0 Å². The Balaban J connectivity index is 2.22. The van der Waals surface area contributed by atoms with E-state index in [1.54, 1.807) is 0 Å². The number of anilines is 2. The van der Waals surface area contributed by atoms with Crippen LogP contribution in [0, 0.1) is 11.6 Å². The first-order valence-electron chi connectivity index (χ1n) is 5.28. The smallest absolute Gasteiger partial charge is 0.255 e. The minimum absolute atomic E-state index is 0.0738. The standard InChI is InChI=1S/C13H9ClF2N2O/c14-11-2-1-7(3-12(11)16)13(19)18-10-5-8(15)4-9(17)6-10/h1-6H,17H2,(H,18,19). The van der Waals surface area contributed by atoms with Gasteiger partial charge in [-0.2, -0.15) is 0 Å². The Morgan fingerprint density at radius 2 is 1.89 bits per heavy atom. The number of halogens is 3. The Morgan fingerprint density at radius 1 is 1.16 bits per heavy atom. The van der Waals surface area contributed by atoms with Crippen LogP contribution in [0.5, 0.6) is 0 Å². The number of nitrogens with two attached hydrogens (primary N) is 1. The van der Waals surface area contributed by atoms with Crippen LogP contribution in [0.1, 0.15) is 10.4 Å². The molecule has 0 heterocycles. The van der Waals surface area contributed by atoms with E-state index in [1.165, 1.54) is 18.2 Å². The van der Waals surface area contributed by atoms with Crippen LogP contribution in [0.3, 0.4) is 0 Å². The largest absolute Gasteiger partial charge is 0.399 e. The molecular weight excluding hydrogens is 274 g/mol. The third-order valence-corrected chi connectivity index (χ3v) is 2.67. The predicted octanol–water partition coefficient (Wildman–Crippen LogP) is 3.45. The van der Waals surface area contributed by atoms with E-state index in [1.807, 2.05) is 0 Å². The molecule has 0 radical (unpaired) electrons. The summed E-state index contributed by atoms with van der Waals surface area (Å²) < 4.78 is 26.3. The molecule has 0 fully saturated rings. The fraction of sp³-hybridized carbons (Fsp3) is 0. The minimum Gasteiger partial charge on any atom is -0.399 e. The Morgan fingerprint density at radius 3 is 2.53 bits per heavy atom. The summed E-state index contributed by atoms with van der Waals surface area (Å²) in [6, 6.07) is 7.26. The number of benzene rings is 2. The van der Waals surface area contributed by atoms with Crippen molar-refractivity contribution in [2.24, 2.45) is 0 Å². The quantitative estimate of drug-likeness (QED) is 0.829. The third kappa shape index (κ3) is 3.20. The van der Waals surface area contributed by atoms with Crippen LogP contribution in [0.15, 0.2) is 36.4 Å². The van der Waals surface area contributed by atoms with Gasteiger partial charge in [-0.1, -0.05) is 11.6 Å². The Labute approximate surface area is 113 Å². The number of hydrogen-bond acceptors (Lipinski definition) is 2. The first kappa shape index (κ1) is 13.3. The highest BCUT2D eigenvalue weighted by Gasteiger charge is 2.10. The predicted molar refractivity (Wildman–Crippen MR) is 70.2 cm³/mol. The molecule has 0 saturated heterocycles. The van der Waals surface area contributed by atoms with Crippen LogP contribution in [0.2, 0.25) is 5.02 Å². The SMILES string of the molecule is Nc1cc(F)cc(NC(=O)c2ccc(Cl)c(F)c2)c1. The van der Waals surface area contributed by atoms with Crippen molar-refractivity contribution in [3.63, 3.8) is 0 Å². The number of nitrogen functional groups attached to an aromatic ring is 1. The highest BCUT2D eigenvalue weighted by Crippen LogP contribution is 2.19. The summed E-state index contributed by atoms with van der Waals surface area (Å²) in [6.45, 7) is 0. The summed E-state index contributed by atoms with van der Waals surface area (Å²) in [5, 5.41) is 2.34. The molecule has 6 heteroatoms. The summed E-state index contributed by atoms with van der Waals surface area (Å²) in [7, 11) is 0. The monoisotopic (exact) mass is 282 g/mol. The average Bonchev–Trinajstić information content (AvgIpc) is 2.31. The lowest BCUT2D eigenvalue weighted by Gasteiger charge is -2.07. The molecule has 19 heavy (non-hydrogen) atoms. The zero-order valence-corrected chi connectivity index (χ0v) is 10.3. The maximum atomic E-state index is 13.2. The molecule has 0 unspecified atom stereocenters. The van der Waals surface area contributed by atoms with Gasteiger partial charge in [0.2, 0.25) is 0 Å². The molecule has 0 aromatic heterocycles. The Hall–Kier alpha value is -2.14. The maximum Gasteiger partial charge on any atom is 0.255 e. The number of carbonyl (C=O) groups excluding carboxylic acids is 1. The van der Waals surface area contributed by atoms with Crippen LogP contribution in [0.4, 0.5) is 20.2 Å². The van der Waals surface area contributed by atoms with Crippen molar-refractivity contribution >= 4 is 28.9 Å². The zero-order chi connectivity index (χ0) is 14.0. The second-order valence-electron chi connectivity index (χ2n) is 3.86. The molecule has 3 N–H and O–H groups in total. The van der Waals surface area contributed by atoms with Crippen molar-refractivity contribution in [1.82, 2.24) is 0 Å². The topological polar surface area (TPSA) is 55.1 Å². The molecule has 0 atom stereocenters. The van der Waals surface area contributed by atoms with Gasteiger partial charge in [0.05, 0.1) is 5.02 Å². The van der Waals surface area contributed by atoms with Crippen molar-refractivity contribution in [3.05, 3.63) is 58.6 Å². The highest BCUT2D eigenvalue weighted by molar-refractivity contribution is 6.30. The van der Waals surface area contributed by atoms with Gasteiger partial charge in [0.1, 0.15) is 11.6 Å². The van der Waals surface area contributed by atoms with Crippen LogP contribution in [0.25, 0.3) is 0 Å². The van der Waals surface area contributed by atoms with Crippen LogP contribution in [-0.4, -0.2) is 5.91 Å². The van der Waals surface area contributed by atoms with Gasteiger partial charge < -0.3 is 11.1 Å². The molecule has 2 aromatic rings. The number of carbonyl (C=O) groups is 1. The van der Waals surface area contributed by atoms with E-state index >= 15 is 0 Å². The Kier molecular flexibility index (Phi) is 3.66. The second kappa shape index (κ2) is 5.24. The van der Waals surface area contributed by atoms with Crippen molar-refractivity contribution in [1.29, 1.82) is 0 Å². The van der Waals surface area contributed by atoms with Gasteiger partial charge in [-0.3, -0.25) is 4.79 Å². The molecule has 0 aliphatic heterocycles. The average molecular weight is 283 g/mol. The van der Waals surface area contributed by atoms with Crippen molar-refractivity contribution in [2.75, 3.05) is 11.1 Å². The molecule has 2 rings (SSSR count). The number of nitrogens with one attached hydrogen (secondary N) is 1. The summed E-state index contributed by atoms with van der Waals surface area (Å²) >= 11 is 5.51. The van der Waals surface area contributed by atoms with Crippen LogP contribution in [-0.2, 0) is 0 Å². The molecule has 0 spiro atoms. The fourth-order valence-electron chi connectivity index (χ4n) is 1.53. The number of rotatable bonds is 2. The van der Waals surface area contributed by atoms with Crippen molar-refractivity contribution < 1.29 is 13.6 Å². The van der Waals surface area contributed by atoms with E-state index in [4.69, 9.17) is 17.3 Å². The van der Waals surface area contributed by atoms with Crippen LogP contribution >= 0.6 is 11.6 Å². The molecule has 1 amide bonds. The molecular formula is C13H9ClF2N2O. The lowest BCUT2D eigenvalue weighted by atomic mass is 10.2. The minimum atomic E-state index is -0.701. The normalized spacial score (nSPS) is 10.3. The molecule has 2 aromatic carbocycles. The fourth-order valence-corrected chi connectivity index (χ4v) is 1.64. The van der Waals surface area contributed by atoms with E-state index < -0.39 is 17.5 Å². The molecule has 0 saturated carbocycles. The van der Waals surface area contributed by atoms with Gasteiger partial charge in [0.25, 0.3) is 5.91 Å². The van der Waals surface area contributed by atoms with Gasteiger partial charge in [0, 0.05) is 16.9 Å². The van der Waals surface area contributed by atoms with Gasteiger partial charge in [-0.25, -0.2) is 8.78 Å². The first-order chi connectivity index (χ1) is 8.95. The molecule has 98 valence electrons. The summed E-state index contributed by atoms with van der Waals surface area (Å²) in [5.74, 6) is -1.86.